The Kier molecular flexibility index (Phi) is 4.88. The minimum Gasteiger partial charge on any atom is -0.467 e. The number of halogens is 1. The van der Waals surface area contributed by atoms with Crippen molar-refractivity contribution in [1.82, 2.24) is 0 Å². The third-order valence-electron chi connectivity index (χ3n) is 3.64. The third-order valence-corrected chi connectivity index (χ3v) is 4.13. The monoisotopic (exact) mass is 324 g/mol. The number of hydrogen-bond donors (Lipinski definition) is 1. The molecule has 0 saturated carbocycles. The normalized spacial score (nSPS) is 21.5. The Morgan fingerprint density at radius 3 is 2.59 bits per heavy atom. The average molecular weight is 325 g/mol. The molecular weight excluding hydrogens is 308 g/mol. The smallest absolute Gasteiger partial charge is 0.340 e. The van der Waals surface area contributed by atoms with Gasteiger partial charge in [-0.05, 0) is 25.0 Å². The first-order chi connectivity index (χ1) is 10.4. The molecule has 0 aromatic heterocycles. The van der Waals surface area contributed by atoms with Crippen molar-refractivity contribution in [3.8, 4) is 0 Å². The molecule has 22 heavy (non-hydrogen) atoms. The third kappa shape index (κ3) is 3.00. The van der Waals surface area contributed by atoms with Gasteiger partial charge < -0.3 is 14.6 Å². The lowest BCUT2D eigenvalue weighted by Gasteiger charge is -2.32. The summed E-state index contributed by atoms with van der Waals surface area (Å²) in [7, 11) is 1.14. The maximum Gasteiger partial charge on any atom is 0.340 e. The van der Waals surface area contributed by atoms with E-state index in [9.17, 15) is 14.7 Å². The molecule has 1 aromatic carbocycles. The first-order valence-electron chi connectivity index (χ1n) is 6.78. The second kappa shape index (κ2) is 6.50. The molecule has 0 amide bonds. The van der Waals surface area contributed by atoms with E-state index in [4.69, 9.17) is 16.3 Å². The predicted molar refractivity (Wildman–Crippen MR) is 80.1 cm³/mol. The highest BCUT2D eigenvalue weighted by atomic mass is 35.5. The van der Waals surface area contributed by atoms with E-state index in [2.05, 4.69) is 4.74 Å². The number of carbonyl (C=O) groups excluding carboxylic acids is 2. The van der Waals surface area contributed by atoms with Crippen molar-refractivity contribution in [2.75, 3.05) is 7.11 Å². The van der Waals surface area contributed by atoms with E-state index in [-0.39, 0.29) is 6.42 Å². The van der Waals surface area contributed by atoms with Crippen molar-refractivity contribution in [3.63, 3.8) is 0 Å². The van der Waals surface area contributed by atoms with Gasteiger partial charge in [-0.15, -0.1) is 11.6 Å². The van der Waals surface area contributed by atoms with Crippen LogP contribution in [0.2, 0.25) is 0 Å². The fourth-order valence-corrected chi connectivity index (χ4v) is 2.86. The van der Waals surface area contributed by atoms with Gasteiger partial charge in [-0.3, -0.25) is 4.79 Å². The van der Waals surface area contributed by atoms with Gasteiger partial charge in [-0.2, -0.15) is 0 Å². The van der Waals surface area contributed by atoms with Gasteiger partial charge in [0.25, 0.3) is 0 Å². The number of alkyl halides is 1. The van der Waals surface area contributed by atoms with Gasteiger partial charge in [-0.25, -0.2) is 4.79 Å². The summed E-state index contributed by atoms with van der Waals surface area (Å²) in [4.78, 5) is 24.0. The summed E-state index contributed by atoms with van der Waals surface area (Å²) in [5, 5.41) is 9.79. The number of benzene rings is 1. The summed E-state index contributed by atoms with van der Waals surface area (Å²) in [6.45, 7) is 1.57. The molecule has 0 fully saturated rings. The Bertz CT molecular complexity index is 598. The topological polar surface area (TPSA) is 72.8 Å². The minimum atomic E-state index is -2.19. The van der Waals surface area contributed by atoms with Crippen molar-refractivity contribution in [2.24, 2.45) is 5.92 Å². The van der Waals surface area contributed by atoms with Crippen LogP contribution in [0, 0.1) is 5.92 Å². The quantitative estimate of drug-likeness (QED) is 0.660. The molecule has 1 heterocycles. The maximum absolute atomic E-state index is 12.1. The Labute approximate surface area is 133 Å². The second-order valence-electron chi connectivity index (χ2n) is 5.15. The maximum atomic E-state index is 12.1. The molecule has 1 aliphatic rings. The van der Waals surface area contributed by atoms with E-state index < -0.39 is 28.8 Å². The number of cyclic esters (lactones) is 1. The zero-order valence-corrected chi connectivity index (χ0v) is 13.0. The van der Waals surface area contributed by atoms with Gasteiger partial charge in [-0.1, -0.05) is 30.3 Å². The molecule has 0 aliphatic carbocycles. The zero-order chi connectivity index (χ0) is 16.3. The highest BCUT2D eigenvalue weighted by Gasteiger charge is 2.55. The minimum absolute atomic E-state index is 0.199. The molecule has 6 heteroatoms. The highest BCUT2D eigenvalue weighted by molar-refractivity contribution is 6.23. The van der Waals surface area contributed by atoms with Crippen LogP contribution in [0.3, 0.4) is 0 Å². The lowest BCUT2D eigenvalue weighted by Crippen LogP contribution is -2.55. The fraction of sp³-hybridized carbons (Fsp3) is 0.375. The van der Waals surface area contributed by atoms with Crippen LogP contribution in [0.4, 0.5) is 0 Å². The van der Waals surface area contributed by atoms with Crippen molar-refractivity contribution < 1.29 is 24.2 Å². The zero-order valence-electron chi connectivity index (χ0n) is 12.3. The van der Waals surface area contributed by atoms with E-state index in [0.29, 0.717) is 5.76 Å². The summed E-state index contributed by atoms with van der Waals surface area (Å²) in [6.07, 6.45) is 1.59. The van der Waals surface area contributed by atoms with E-state index >= 15 is 0 Å². The first-order valence-corrected chi connectivity index (χ1v) is 7.22. The summed E-state index contributed by atoms with van der Waals surface area (Å²) in [5.41, 5.74) is -1.36. The van der Waals surface area contributed by atoms with Crippen LogP contribution in [0.25, 0.3) is 0 Å². The van der Waals surface area contributed by atoms with Crippen molar-refractivity contribution in [1.29, 1.82) is 0 Å². The van der Waals surface area contributed by atoms with Gasteiger partial charge >= 0.3 is 11.9 Å². The standard InChI is InChI=1S/C16H17ClO5/c1-10-8-12(14(18)22-10)16(20,15(19)21-2)13(17)9-11-6-4-3-5-7-11/h3-8,12-13,20H,9H2,1-2H3/t12-,13-,16+/m1/s1. The molecule has 1 N–H and O–H groups in total. The van der Waals surface area contributed by atoms with Crippen molar-refractivity contribution in [2.45, 2.75) is 24.3 Å². The predicted octanol–water partition coefficient (Wildman–Crippen LogP) is 1.82. The van der Waals surface area contributed by atoms with Crippen LogP contribution in [-0.2, 0) is 25.5 Å². The van der Waals surface area contributed by atoms with E-state index in [1.807, 2.05) is 30.3 Å². The van der Waals surface area contributed by atoms with E-state index in [1.54, 1.807) is 6.92 Å². The van der Waals surface area contributed by atoms with Crippen molar-refractivity contribution >= 4 is 23.5 Å². The number of carbonyl (C=O) groups is 2. The largest absolute Gasteiger partial charge is 0.467 e. The molecule has 3 atom stereocenters. The number of hydrogen-bond acceptors (Lipinski definition) is 5. The van der Waals surface area contributed by atoms with Crippen molar-refractivity contribution in [3.05, 3.63) is 47.7 Å². The molecule has 0 spiro atoms. The number of esters is 2. The highest BCUT2D eigenvalue weighted by Crippen LogP contribution is 2.35. The van der Waals surface area contributed by atoms with Gasteiger partial charge in [0.15, 0.2) is 5.60 Å². The number of methoxy groups -OCH3 is 1. The Balaban J connectivity index is 2.33. The molecule has 1 aliphatic heterocycles. The van der Waals surface area contributed by atoms with Crippen LogP contribution in [-0.4, -0.2) is 35.1 Å². The average Bonchev–Trinajstić information content (AvgIpc) is 2.85. The Hall–Kier alpha value is -1.85. The van der Waals surface area contributed by atoms with Gasteiger partial charge in [0.2, 0.25) is 0 Å². The number of rotatable bonds is 5. The summed E-state index contributed by atoms with van der Waals surface area (Å²) >= 11 is 6.30. The molecule has 5 nitrogen and oxygen atoms in total. The molecule has 1 aromatic rings. The van der Waals surface area contributed by atoms with Gasteiger partial charge in [0.1, 0.15) is 11.7 Å². The number of allylic oxidation sites excluding steroid dienone is 1. The van der Waals surface area contributed by atoms with Crippen LogP contribution < -0.4 is 0 Å². The van der Waals surface area contributed by atoms with Crippen LogP contribution >= 0.6 is 11.6 Å². The molecule has 0 bridgehead atoms. The molecule has 2 rings (SSSR count). The lowest BCUT2D eigenvalue weighted by atomic mass is 9.82. The van der Waals surface area contributed by atoms with Crippen LogP contribution in [0.5, 0.6) is 0 Å². The number of aliphatic hydroxyl groups is 1. The summed E-state index contributed by atoms with van der Waals surface area (Å²) in [5.74, 6) is -2.55. The van der Waals surface area contributed by atoms with Crippen LogP contribution in [0.15, 0.2) is 42.2 Å². The van der Waals surface area contributed by atoms with E-state index in [1.165, 1.54) is 6.08 Å². The Morgan fingerprint density at radius 2 is 2.09 bits per heavy atom. The molecule has 0 unspecified atom stereocenters. The SMILES string of the molecule is COC(=O)[C@@](O)([C@H](Cl)Cc1ccccc1)[C@@H]1C=C(C)OC1=O. The van der Waals surface area contributed by atoms with Gasteiger partial charge in [0, 0.05) is 0 Å². The van der Waals surface area contributed by atoms with Gasteiger partial charge in [0.05, 0.1) is 12.5 Å². The summed E-state index contributed by atoms with van der Waals surface area (Å²) in [6, 6.07) is 9.13. The molecule has 0 saturated heterocycles. The lowest BCUT2D eigenvalue weighted by molar-refractivity contribution is -0.173. The fourth-order valence-electron chi connectivity index (χ4n) is 2.46. The van der Waals surface area contributed by atoms with E-state index in [0.717, 1.165) is 12.7 Å². The first kappa shape index (κ1) is 16.5. The molecule has 118 valence electrons. The molecule has 0 radical (unpaired) electrons. The molecular formula is C16H17ClO5. The second-order valence-corrected chi connectivity index (χ2v) is 5.68. The van der Waals surface area contributed by atoms with Crippen LogP contribution in [0.1, 0.15) is 12.5 Å². The summed E-state index contributed by atoms with van der Waals surface area (Å²) < 4.78 is 9.57. The number of ether oxygens (including phenoxy) is 2. The Morgan fingerprint density at radius 1 is 1.45 bits per heavy atom.